The van der Waals surface area contributed by atoms with Gasteiger partial charge in [-0.15, -0.1) is 0 Å². The van der Waals surface area contributed by atoms with Gasteiger partial charge in [0, 0.05) is 12.3 Å². The maximum atomic E-state index is 12.3. The first-order valence-electron chi connectivity index (χ1n) is 7.37. The average molecular weight is 317 g/mol. The molecule has 2 aliphatic heterocycles. The predicted molar refractivity (Wildman–Crippen MR) is 82.2 cm³/mol. The van der Waals surface area contributed by atoms with Crippen molar-refractivity contribution in [1.29, 1.82) is 0 Å². The van der Waals surface area contributed by atoms with E-state index in [9.17, 15) is 9.59 Å². The van der Waals surface area contributed by atoms with Gasteiger partial charge in [-0.2, -0.15) is 0 Å². The lowest BCUT2D eigenvalue weighted by Crippen LogP contribution is -2.38. The molecule has 6 nitrogen and oxygen atoms in total. The fourth-order valence-corrected chi connectivity index (χ4v) is 3.13. The summed E-state index contributed by atoms with van der Waals surface area (Å²) in [7, 11) is 3.11. The van der Waals surface area contributed by atoms with Crippen molar-refractivity contribution in [2.75, 3.05) is 14.2 Å². The van der Waals surface area contributed by atoms with E-state index >= 15 is 0 Å². The molecule has 2 heterocycles. The molecule has 23 heavy (non-hydrogen) atoms. The molecule has 0 bridgehead atoms. The highest BCUT2D eigenvalue weighted by Crippen LogP contribution is 2.44. The largest absolute Gasteiger partial charge is 0.493 e. The topological polar surface area (TPSA) is 73.9 Å². The summed E-state index contributed by atoms with van der Waals surface area (Å²) in [4.78, 5) is 24.4. The second-order valence-corrected chi connectivity index (χ2v) is 6.11. The number of ether oxygens (including phenoxy) is 3. The zero-order chi connectivity index (χ0) is 16.8. The van der Waals surface area contributed by atoms with E-state index in [1.807, 2.05) is 6.07 Å². The summed E-state index contributed by atoms with van der Waals surface area (Å²) in [5.41, 5.74) is 1.07. The van der Waals surface area contributed by atoms with Gasteiger partial charge in [0.15, 0.2) is 11.5 Å². The highest BCUT2D eigenvalue weighted by molar-refractivity contribution is 5.99. The van der Waals surface area contributed by atoms with E-state index in [0.29, 0.717) is 22.8 Å². The normalized spacial score (nSPS) is 22.3. The Hall–Kier alpha value is -2.50. The lowest BCUT2D eigenvalue weighted by Gasteiger charge is -2.27. The summed E-state index contributed by atoms with van der Waals surface area (Å²) in [6.07, 6.45) is 0.194. The number of methoxy groups -OCH3 is 2. The van der Waals surface area contributed by atoms with Gasteiger partial charge in [0.2, 0.25) is 5.91 Å². The molecule has 1 N–H and O–H groups in total. The van der Waals surface area contributed by atoms with Crippen LogP contribution in [0.3, 0.4) is 0 Å². The second-order valence-electron chi connectivity index (χ2n) is 6.11. The average Bonchev–Trinajstić information content (AvgIpc) is 2.75. The van der Waals surface area contributed by atoms with Crippen LogP contribution in [0.25, 0.3) is 0 Å². The molecule has 1 atom stereocenters. The van der Waals surface area contributed by atoms with Crippen LogP contribution in [-0.2, 0) is 14.3 Å². The Balaban J connectivity index is 2.10. The molecule has 0 fully saturated rings. The molecular formula is C17H19NO5. The maximum Gasteiger partial charge on any atom is 0.337 e. The van der Waals surface area contributed by atoms with Crippen molar-refractivity contribution in [3.8, 4) is 11.5 Å². The number of carbonyl (C=O) groups is 2. The van der Waals surface area contributed by atoms with Crippen LogP contribution in [0.1, 0.15) is 31.7 Å². The molecule has 0 saturated heterocycles. The molecule has 0 saturated carbocycles. The SMILES string of the molecule is COc1ccc([C@H]2CC(=O)NC3=C2C(=O)OC3(C)C)cc1OC. The van der Waals surface area contributed by atoms with E-state index in [1.54, 1.807) is 40.2 Å². The molecule has 3 rings (SSSR count). The van der Waals surface area contributed by atoms with Crippen LogP contribution in [-0.4, -0.2) is 31.7 Å². The van der Waals surface area contributed by atoms with Crippen molar-refractivity contribution in [3.63, 3.8) is 0 Å². The molecule has 0 radical (unpaired) electrons. The summed E-state index contributed by atoms with van der Waals surface area (Å²) in [5, 5.41) is 2.79. The van der Waals surface area contributed by atoms with Crippen molar-refractivity contribution >= 4 is 11.9 Å². The number of nitrogens with one attached hydrogen (secondary N) is 1. The molecule has 1 amide bonds. The molecule has 0 aliphatic carbocycles. The molecule has 122 valence electrons. The third kappa shape index (κ3) is 2.44. The number of benzene rings is 1. The van der Waals surface area contributed by atoms with Gasteiger partial charge in [0.25, 0.3) is 0 Å². The minimum absolute atomic E-state index is 0.130. The quantitative estimate of drug-likeness (QED) is 0.862. The van der Waals surface area contributed by atoms with Gasteiger partial charge in [0.1, 0.15) is 5.60 Å². The van der Waals surface area contributed by atoms with Crippen molar-refractivity contribution in [2.45, 2.75) is 31.8 Å². The highest BCUT2D eigenvalue weighted by Gasteiger charge is 2.47. The lowest BCUT2D eigenvalue weighted by molar-refractivity contribution is -0.144. The minimum atomic E-state index is -0.822. The third-order valence-electron chi connectivity index (χ3n) is 4.25. The Morgan fingerprint density at radius 3 is 2.52 bits per heavy atom. The van der Waals surface area contributed by atoms with Crippen LogP contribution in [0.15, 0.2) is 29.5 Å². The van der Waals surface area contributed by atoms with Gasteiger partial charge in [-0.05, 0) is 31.5 Å². The monoisotopic (exact) mass is 317 g/mol. The van der Waals surface area contributed by atoms with Crippen LogP contribution in [0.4, 0.5) is 0 Å². The lowest BCUT2D eigenvalue weighted by atomic mass is 9.82. The Bertz CT molecular complexity index is 720. The predicted octanol–water partition coefficient (Wildman–Crippen LogP) is 1.90. The summed E-state index contributed by atoms with van der Waals surface area (Å²) < 4.78 is 16.0. The van der Waals surface area contributed by atoms with Crippen molar-refractivity contribution in [2.24, 2.45) is 0 Å². The summed E-state index contributed by atoms with van der Waals surface area (Å²) in [6.45, 7) is 3.54. The van der Waals surface area contributed by atoms with Gasteiger partial charge in [-0.25, -0.2) is 4.79 Å². The smallest absolute Gasteiger partial charge is 0.337 e. The first-order valence-corrected chi connectivity index (χ1v) is 7.37. The number of rotatable bonds is 3. The molecule has 1 aromatic carbocycles. The van der Waals surface area contributed by atoms with Crippen LogP contribution in [0.2, 0.25) is 0 Å². The molecule has 6 heteroatoms. The summed E-state index contributed by atoms with van der Waals surface area (Å²) in [6, 6.07) is 5.41. The fourth-order valence-electron chi connectivity index (χ4n) is 3.13. The zero-order valence-electron chi connectivity index (χ0n) is 13.6. The van der Waals surface area contributed by atoms with Crippen LogP contribution >= 0.6 is 0 Å². The van der Waals surface area contributed by atoms with Gasteiger partial charge in [-0.3, -0.25) is 4.79 Å². The Morgan fingerprint density at radius 2 is 1.87 bits per heavy atom. The van der Waals surface area contributed by atoms with Crippen molar-refractivity contribution in [3.05, 3.63) is 35.0 Å². The Morgan fingerprint density at radius 1 is 1.17 bits per heavy atom. The maximum absolute atomic E-state index is 12.3. The number of hydrogen-bond acceptors (Lipinski definition) is 5. The Kier molecular flexibility index (Phi) is 3.55. The van der Waals surface area contributed by atoms with Gasteiger partial charge in [0.05, 0.1) is 25.5 Å². The van der Waals surface area contributed by atoms with E-state index in [2.05, 4.69) is 5.32 Å². The first kappa shape index (κ1) is 15.4. The van der Waals surface area contributed by atoms with Gasteiger partial charge >= 0.3 is 5.97 Å². The van der Waals surface area contributed by atoms with Crippen LogP contribution < -0.4 is 14.8 Å². The third-order valence-corrected chi connectivity index (χ3v) is 4.25. The van der Waals surface area contributed by atoms with Crippen molar-refractivity contribution in [1.82, 2.24) is 5.32 Å². The molecule has 1 aromatic rings. The standard InChI is InChI=1S/C17H19NO5/c1-17(2)15-14(16(20)23-17)10(8-13(19)18-15)9-5-6-11(21-3)12(7-9)22-4/h5-7,10H,8H2,1-4H3,(H,18,19)/t10-/m1/s1. The molecular weight excluding hydrogens is 298 g/mol. The molecule has 0 spiro atoms. The number of carbonyl (C=O) groups excluding carboxylic acids is 2. The number of esters is 1. The van der Waals surface area contributed by atoms with E-state index in [0.717, 1.165) is 5.56 Å². The van der Waals surface area contributed by atoms with E-state index in [1.165, 1.54) is 0 Å². The van der Waals surface area contributed by atoms with Gasteiger partial charge in [-0.1, -0.05) is 6.07 Å². The molecule has 2 aliphatic rings. The van der Waals surface area contributed by atoms with E-state index < -0.39 is 5.60 Å². The van der Waals surface area contributed by atoms with Crippen molar-refractivity contribution < 1.29 is 23.8 Å². The Labute approximate surface area is 134 Å². The van der Waals surface area contributed by atoms with E-state index in [-0.39, 0.29) is 24.2 Å². The van der Waals surface area contributed by atoms with Gasteiger partial charge < -0.3 is 19.5 Å². The summed E-state index contributed by atoms with van der Waals surface area (Å²) in [5.74, 6) is 0.288. The second kappa shape index (κ2) is 5.30. The van der Waals surface area contributed by atoms with E-state index in [4.69, 9.17) is 14.2 Å². The molecule has 0 unspecified atom stereocenters. The highest BCUT2D eigenvalue weighted by atomic mass is 16.6. The van der Waals surface area contributed by atoms with Crippen LogP contribution in [0.5, 0.6) is 11.5 Å². The zero-order valence-corrected chi connectivity index (χ0v) is 13.6. The van der Waals surface area contributed by atoms with Crippen LogP contribution in [0, 0.1) is 0 Å². The number of amides is 1. The minimum Gasteiger partial charge on any atom is -0.493 e. The number of hydrogen-bond donors (Lipinski definition) is 1. The first-order chi connectivity index (χ1) is 10.9. The summed E-state index contributed by atoms with van der Waals surface area (Å²) >= 11 is 0. The number of cyclic esters (lactones) is 1. The molecule has 0 aromatic heterocycles. The fraction of sp³-hybridized carbons (Fsp3) is 0.412.